The maximum Gasteiger partial charge on any atom is 0.123 e. The Labute approximate surface area is 123 Å². The molecular weight excluding hydrogens is 277 g/mol. The van der Waals surface area contributed by atoms with Crippen molar-refractivity contribution in [3.05, 3.63) is 64.4 Å². The zero-order valence-electron chi connectivity index (χ0n) is 11.3. The second kappa shape index (κ2) is 6.73. The van der Waals surface area contributed by atoms with Crippen LogP contribution in [0.3, 0.4) is 0 Å². The van der Waals surface area contributed by atoms with Crippen molar-refractivity contribution in [2.24, 2.45) is 5.73 Å². The first-order valence-electron chi connectivity index (χ1n) is 6.42. The van der Waals surface area contributed by atoms with E-state index in [1.54, 1.807) is 25.3 Å². The van der Waals surface area contributed by atoms with Gasteiger partial charge in [0.05, 0.1) is 7.11 Å². The molecule has 106 valence electrons. The van der Waals surface area contributed by atoms with E-state index in [-0.39, 0.29) is 11.7 Å². The molecule has 0 saturated heterocycles. The smallest absolute Gasteiger partial charge is 0.123 e. The molecule has 0 fully saturated rings. The lowest BCUT2D eigenvalue weighted by Gasteiger charge is -2.17. The van der Waals surface area contributed by atoms with E-state index in [2.05, 4.69) is 0 Å². The van der Waals surface area contributed by atoms with Crippen LogP contribution in [0.15, 0.2) is 42.5 Å². The van der Waals surface area contributed by atoms with Crippen molar-refractivity contribution in [1.29, 1.82) is 0 Å². The van der Waals surface area contributed by atoms with Crippen LogP contribution in [0, 0.1) is 5.82 Å². The minimum absolute atomic E-state index is 0.1000. The molecule has 2 nitrogen and oxygen atoms in total. The summed E-state index contributed by atoms with van der Waals surface area (Å²) >= 11 is 6.03. The van der Waals surface area contributed by atoms with E-state index >= 15 is 0 Å². The summed E-state index contributed by atoms with van der Waals surface area (Å²) in [5, 5.41) is 0.663. The van der Waals surface area contributed by atoms with Gasteiger partial charge in [0.25, 0.3) is 0 Å². The minimum atomic E-state index is -0.246. The van der Waals surface area contributed by atoms with Crippen LogP contribution in [0.2, 0.25) is 5.02 Å². The van der Waals surface area contributed by atoms with Crippen molar-refractivity contribution in [2.75, 3.05) is 13.7 Å². The van der Waals surface area contributed by atoms with E-state index in [4.69, 9.17) is 22.1 Å². The number of hydrogen-bond acceptors (Lipinski definition) is 2. The summed E-state index contributed by atoms with van der Waals surface area (Å²) in [5.41, 5.74) is 7.86. The lowest BCUT2D eigenvalue weighted by Crippen LogP contribution is -2.15. The van der Waals surface area contributed by atoms with Gasteiger partial charge in [0.2, 0.25) is 0 Å². The summed E-state index contributed by atoms with van der Waals surface area (Å²) < 4.78 is 18.3. The Morgan fingerprint density at radius 1 is 1.20 bits per heavy atom. The van der Waals surface area contributed by atoms with Crippen molar-refractivity contribution in [1.82, 2.24) is 0 Å². The van der Waals surface area contributed by atoms with Crippen LogP contribution in [0.4, 0.5) is 4.39 Å². The Bertz CT molecular complexity index is 571. The summed E-state index contributed by atoms with van der Waals surface area (Å²) in [6.45, 7) is 0.474. The average molecular weight is 294 g/mol. The highest BCUT2D eigenvalue weighted by molar-refractivity contribution is 6.30. The molecule has 0 heterocycles. The zero-order valence-corrected chi connectivity index (χ0v) is 12.0. The SMILES string of the molecule is COc1ccc(Cl)cc1CC(CN)c1ccc(F)cc1. The Kier molecular flexibility index (Phi) is 4.99. The molecule has 0 aromatic heterocycles. The third-order valence-corrected chi connectivity index (χ3v) is 3.57. The van der Waals surface area contributed by atoms with Crippen molar-refractivity contribution in [2.45, 2.75) is 12.3 Å². The third kappa shape index (κ3) is 3.50. The van der Waals surface area contributed by atoms with Gasteiger partial charge in [0.1, 0.15) is 11.6 Å². The van der Waals surface area contributed by atoms with E-state index < -0.39 is 0 Å². The number of rotatable bonds is 5. The van der Waals surface area contributed by atoms with Gasteiger partial charge in [-0.3, -0.25) is 0 Å². The summed E-state index contributed by atoms with van der Waals surface area (Å²) in [6, 6.07) is 12.0. The fourth-order valence-corrected chi connectivity index (χ4v) is 2.44. The predicted octanol–water partition coefficient (Wildman–Crippen LogP) is 3.77. The molecule has 2 aromatic rings. The molecule has 0 radical (unpaired) electrons. The van der Waals surface area contributed by atoms with Crippen molar-refractivity contribution < 1.29 is 9.13 Å². The molecule has 1 atom stereocenters. The molecule has 0 aliphatic carbocycles. The molecule has 0 bridgehead atoms. The van der Waals surface area contributed by atoms with Gasteiger partial charge in [-0.25, -0.2) is 4.39 Å². The summed E-state index contributed by atoms with van der Waals surface area (Å²) in [5.74, 6) is 0.641. The maximum atomic E-state index is 13.0. The second-order valence-electron chi connectivity index (χ2n) is 4.64. The quantitative estimate of drug-likeness (QED) is 0.911. The molecule has 0 aliphatic rings. The lowest BCUT2D eigenvalue weighted by molar-refractivity contribution is 0.408. The van der Waals surface area contributed by atoms with E-state index in [0.29, 0.717) is 18.0 Å². The van der Waals surface area contributed by atoms with E-state index in [1.807, 2.05) is 12.1 Å². The molecule has 0 spiro atoms. The molecular formula is C16H17ClFNO. The fourth-order valence-electron chi connectivity index (χ4n) is 2.24. The van der Waals surface area contributed by atoms with Crippen LogP contribution >= 0.6 is 11.6 Å². The summed E-state index contributed by atoms with van der Waals surface area (Å²) in [4.78, 5) is 0. The Balaban J connectivity index is 2.26. The van der Waals surface area contributed by atoms with Gasteiger partial charge in [-0.05, 0) is 54.4 Å². The normalized spacial score (nSPS) is 12.2. The van der Waals surface area contributed by atoms with Crippen LogP contribution < -0.4 is 10.5 Å². The highest BCUT2D eigenvalue weighted by Gasteiger charge is 2.14. The average Bonchev–Trinajstić information content (AvgIpc) is 2.46. The van der Waals surface area contributed by atoms with E-state index in [1.165, 1.54) is 12.1 Å². The van der Waals surface area contributed by atoms with E-state index in [0.717, 1.165) is 16.9 Å². The molecule has 0 saturated carbocycles. The third-order valence-electron chi connectivity index (χ3n) is 3.33. The van der Waals surface area contributed by atoms with Gasteiger partial charge >= 0.3 is 0 Å². The Morgan fingerprint density at radius 2 is 1.90 bits per heavy atom. The first kappa shape index (κ1) is 14.8. The van der Waals surface area contributed by atoms with Crippen molar-refractivity contribution in [3.63, 3.8) is 0 Å². The lowest BCUT2D eigenvalue weighted by atomic mass is 9.91. The predicted molar refractivity (Wildman–Crippen MR) is 79.9 cm³/mol. The van der Waals surface area contributed by atoms with E-state index in [9.17, 15) is 4.39 Å². The number of methoxy groups -OCH3 is 1. The highest BCUT2D eigenvalue weighted by Crippen LogP contribution is 2.28. The fraction of sp³-hybridized carbons (Fsp3) is 0.250. The molecule has 0 amide bonds. The van der Waals surface area contributed by atoms with Gasteiger partial charge in [-0.1, -0.05) is 23.7 Å². The molecule has 4 heteroatoms. The largest absolute Gasteiger partial charge is 0.496 e. The van der Waals surface area contributed by atoms with Crippen LogP contribution in [-0.4, -0.2) is 13.7 Å². The van der Waals surface area contributed by atoms with Gasteiger partial charge in [-0.2, -0.15) is 0 Å². The van der Waals surface area contributed by atoms with Crippen LogP contribution in [-0.2, 0) is 6.42 Å². The molecule has 1 unspecified atom stereocenters. The number of hydrogen-bond donors (Lipinski definition) is 1. The summed E-state index contributed by atoms with van der Waals surface area (Å²) in [7, 11) is 1.63. The Morgan fingerprint density at radius 3 is 2.50 bits per heavy atom. The molecule has 20 heavy (non-hydrogen) atoms. The van der Waals surface area contributed by atoms with Crippen LogP contribution in [0.5, 0.6) is 5.75 Å². The number of halogens is 2. The van der Waals surface area contributed by atoms with Crippen molar-refractivity contribution >= 4 is 11.6 Å². The number of benzene rings is 2. The maximum absolute atomic E-state index is 13.0. The monoisotopic (exact) mass is 293 g/mol. The topological polar surface area (TPSA) is 35.2 Å². The first-order chi connectivity index (χ1) is 9.63. The van der Waals surface area contributed by atoms with Gasteiger partial charge in [0.15, 0.2) is 0 Å². The van der Waals surface area contributed by atoms with Crippen molar-refractivity contribution in [3.8, 4) is 5.75 Å². The second-order valence-corrected chi connectivity index (χ2v) is 5.08. The molecule has 2 rings (SSSR count). The summed E-state index contributed by atoms with van der Waals surface area (Å²) in [6.07, 6.45) is 0.700. The standard InChI is InChI=1S/C16H17ClFNO/c1-20-16-7-4-14(17)9-12(16)8-13(10-19)11-2-5-15(18)6-3-11/h2-7,9,13H,8,10,19H2,1H3. The zero-order chi connectivity index (χ0) is 14.5. The first-order valence-corrected chi connectivity index (χ1v) is 6.79. The molecule has 0 aliphatic heterocycles. The van der Waals surface area contributed by atoms with Gasteiger partial charge < -0.3 is 10.5 Å². The number of ether oxygens (including phenoxy) is 1. The van der Waals surface area contributed by atoms with Crippen LogP contribution in [0.25, 0.3) is 0 Å². The van der Waals surface area contributed by atoms with Gasteiger partial charge in [0, 0.05) is 10.9 Å². The highest BCUT2D eigenvalue weighted by atomic mass is 35.5. The van der Waals surface area contributed by atoms with Crippen LogP contribution in [0.1, 0.15) is 17.0 Å². The number of nitrogens with two attached hydrogens (primary N) is 1. The Hall–Kier alpha value is -1.58. The van der Waals surface area contributed by atoms with Gasteiger partial charge in [-0.15, -0.1) is 0 Å². The molecule has 2 aromatic carbocycles. The minimum Gasteiger partial charge on any atom is -0.496 e. The molecule has 2 N–H and O–H groups in total.